The second-order valence-electron chi connectivity index (χ2n) is 3.37. The predicted octanol–water partition coefficient (Wildman–Crippen LogP) is 1.89. The van der Waals surface area contributed by atoms with Crippen LogP contribution in [-0.4, -0.2) is 22.9 Å². The third kappa shape index (κ3) is 2.24. The van der Waals surface area contributed by atoms with Crippen molar-refractivity contribution in [3.05, 3.63) is 41.2 Å². The second kappa shape index (κ2) is 4.47. The number of nitrogens with two attached hydrogens (primary N) is 1. The lowest BCUT2D eigenvalue weighted by Gasteiger charge is -2.07. The minimum atomic E-state index is -0.429. The highest BCUT2D eigenvalue weighted by Crippen LogP contribution is 2.20. The zero-order valence-electron chi connectivity index (χ0n) is 9.05. The number of methoxy groups -OCH3 is 1. The van der Waals surface area contributed by atoms with Crippen molar-refractivity contribution in [1.82, 2.24) is 9.78 Å². The minimum absolute atomic E-state index is 0.395. The van der Waals surface area contributed by atoms with Gasteiger partial charge in [0.1, 0.15) is 0 Å². The van der Waals surface area contributed by atoms with Gasteiger partial charge in [-0.2, -0.15) is 5.10 Å². The molecular weight excluding hydrogens is 242 g/mol. The van der Waals surface area contributed by atoms with Crippen LogP contribution in [0.3, 0.4) is 0 Å². The Bertz CT molecular complexity index is 566. The molecule has 0 spiro atoms. The van der Waals surface area contributed by atoms with Crippen LogP contribution in [0.2, 0.25) is 5.02 Å². The Hall–Kier alpha value is -2.01. The molecule has 0 aliphatic carbocycles. The van der Waals surface area contributed by atoms with Crippen molar-refractivity contribution in [3.8, 4) is 5.69 Å². The summed E-state index contributed by atoms with van der Waals surface area (Å²) < 4.78 is 6.14. The number of anilines is 1. The Kier molecular flexibility index (Phi) is 3.01. The maximum Gasteiger partial charge on any atom is 0.337 e. The topological polar surface area (TPSA) is 70.1 Å². The monoisotopic (exact) mass is 251 g/mol. The fraction of sp³-hybridized carbons (Fsp3) is 0.0909. The van der Waals surface area contributed by atoms with Gasteiger partial charge in [0, 0.05) is 6.20 Å². The van der Waals surface area contributed by atoms with Gasteiger partial charge in [-0.25, -0.2) is 9.48 Å². The third-order valence-corrected chi connectivity index (χ3v) is 2.44. The van der Waals surface area contributed by atoms with E-state index in [1.807, 2.05) is 0 Å². The number of nitrogen functional groups attached to an aromatic ring is 1. The van der Waals surface area contributed by atoms with Crippen LogP contribution >= 0.6 is 11.6 Å². The van der Waals surface area contributed by atoms with Gasteiger partial charge in [-0.05, 0) is 18.2 Å². The van der Waals surface area contributed by atoms with Gasteiger partial charge < -0.3 is 10.5 Å². The van der Waals surface area contributed by atoms with E-state index in [0.717, 1.165) is 0 Å². The van der Waals surface area contributed by atoms with Crippen molar-refractivity contribution >= 4 is 23.3 Å². The van der Waals surface area contributed by atoms with E-state index in [-0.39, 0.29) is 0 Å². The molecule has 0 aliphatic rings. The Morgan fingerprint density at radius 2 is 2.29 bits per heavy atom. The van der Waals surface area contributed by atoms with Gasteiger partial charge in [0.25, 0.3) is 0 Å². The number of hydrogen-bond acceptors (Lipinski definition) is 4. The van der Waals surface area contributed by atoms with Crippen molar-refractivity contribution in [3.63, 3.8) is 0 Å². The lowest BCUT2D eigenvalue weighted by molar-refractivity contribution is 0.0601. The van der Waals surface area contributed by atoms with Crippen molar-refractivity contribution in [2.24, 2.45) is 0 Å². The number of aromatic nitrogens is 2. The quantitative estimate of drug-likeness (QED) is 0.654. The number of ether oxygens (including phenoxy) is 1. The summed E-state index contributed by atoms with van der Waals surface area (Å²) in [5.74, 6) is -0.429. The number of hydrogen-bond donors (Lipinski definition) is 1. The summed E-state index contributed by atoms with van der Waals surface area (Å²) in [7, 11) is 1.32. The maximum atomic E-state index is 11.3. The van der Waals surface area contributed by atoms with Crippen LogP contribution in [0.5, 0.6) is 0 Å². The van der Waals surface area contributed by atoms with Crippen LogP contribution in [0.4, 0.5) is 5.69 Å². The smallest absolute Gasteiger partial charge is 0.337 e. The third-order valence-electron chi connectivity index (χ3n) is 2.25. The van der Waals surface area contributed by atoms with E-state index >= 15 is 0 Å². The summed E-state index contributed by atoms with van der Waals surface area (Å²) in [5, 5.41) is 4.55. The molecule has 0 atom stereocenters. The molecule has 88 valence electrons. The molecule has 2 rings (SSSR count). The molecule has 6 heteroatoms. The molecule has 0 saturated carbocycles. The van der Waals surface area contributed by atoms with Gasteiger partial charge in [0.15, 0.2) is 0 Å². The van der Waals surface area contributed by atoms with E-state index in [0.29, 0.717) is 22.0 Å². The lowest BCUT2D eigenvalue weighted by Crippen LogP contribution is -2.05. The van der Waals surface area contributed by atoms with Gasteiger partial charge in [0.05, 0.1) is 35.3 Å². The van der Waals surface area contributed by atoms with Crippen LogP contribution in [0.1, 0.15) is 10.4 Å². The first-order chi connectivity index (χ1) is 8.11. The Labute approximate surface area is 103 Å². The molecule has 5 nitrogen and oxygen atoms in total. The van der Waals surface area contributed by atoms with Crippen LogP contribution in [0.25, 0.3) is 5.69 Å². The van der Waals surface area contributed by atoms with Crippen molar-refractivity contribution < 1.29 is 9.53 Å². The van der Waals surface area contributed by atoms with Crippen LogP contribution in [0.15, 0.2) is 30.6 Å². The highest BCUT2D eigenvalue weighted by atomic mass is 35.5. The zero-order valence-corrected chi connectivity index (χ0v) is 9.81. The fourth-order valence-corrected chi connectivity index (χ4v) is 1.58. The molecular formula is C11H10ClN3O2. The average molecular weight is 252 g/mol. The van der Waals surface area contributed by atoms with E-state index in [2.05, 4.69) is 9.84 Å². The van der Waals surface area contributed by atoms with Gasteiger partial charge in [-0.1, -0.05) is 11.6 Å². The Balaban J connectivity index is 2.41. The molecule has 0 fully saturated rings. The number of esters is 1. The summed E-state index contributed by atoms with van der Waals surface area (Å²) in [6.45, 7) is 0. The van der Waals surface area contributed by atoms with E-state index in [4.69, 9.17) is 17.3 Å². The van der Waals surface area contributed by atoms with Crippen LogP contribution in [-0.2, 0) is 4.74 Å². The van der Waals surface area contributed by atoms with E-state index in [9.17, 15) is 4.79 Å². The van der Waals surface area contributed by atoms with Crippen molar-refractivity contribution in [1.29, 1.82) is 0 Å². The summed E-state index contributed by atoms with van der Waals surface area (Å²) in [6, 6.07) is 4.84. The van der Waals surface area contributed by atoms with Gasteiger partial charge in [-0.15, -0.1) is 0 Å². The van der Waals surface area contributed by atoms with Gasteiger partial charge in [0.2, 0.25) is 0 Å². The largest absolute Gasteiger partial charge is 0.465 e. The van der Waals surface area contributed by atoms with Crippen molar-refractivity contribution in [2.45, 2.75) is 0 Å². The van der Waals surface area contributed by atoms with E-state index in [1.165, 1.54) is 19.4 Å². The summed E-state index contributed by atoms with van der Waals surface area (Å²) in [6.07, 6.45) is 3.14. The molecule has 17 heavy (non-hydrogen) atoms. The second-order valence-corrected chi connectivity index (χ2v) is 3.80. The molecule has 1 aromatic carbocycles. The minimum Gasteiger partial charge on any atom is -0.465 e. The fourth-order valence-electron chi connectivity index (χ4n) is 1.44. The molecule has 0 saturated heterocycles. The predicted molar refractivity (Wildman–Crippen MR) is 64.3 cm³/mol. The van der Waals surface area contributed by atoms with E-state index in [1.54, 1.807) is 23.0 Å². The maximum absolute atomic E-state index is 11.3. The van der Waals surface area contributed by atoms with Crippen molar-refractivity contribution in [2.75, 3.05) is 12.8 Å². The highest BCUT2D eigenvalue weighted by molar-refractivity contribution is 6.30. The van der Waals surface area contributed by atoms with Gasteiger partial charge >= 0.3 is 5.97 Å². The number of carbonyl (C=O) groups excluding carboxylic acids is 1. The first-order valence-corrected chi connectivity index (χ1v) is 5.18. The molecule has 0 aliphatic heterocycles. The molecule has 0 radical (unpaired) electrons. The molecule has 1 aromatic heterocycles. The zero-order chi connectivity index (χ0) is 12.4. The number of nitrogens with zero attached hydrogens (tertiary/aromatic N) is 2. The SMILES string of the molecule is COC(=O)c1ccc(-n2cc(Cl)cn2)c(N)c1. The lowest BCUT2D eigenvalue weighted by atomic mass is 10.2. The Morgan fingerprint density at radius 3 is 2.82 bits per heavy atom. The molecule has 2 aromatic rings. The number of carbonyl (C=O) groups is 1. The molecule has 0 unspecified atom stereocenters. The molecule has 0 bridgehead atoms. The first kappa shape index (κ1) is 11.5. The standard InChI is InChI=1S/C11H10ClN3O2/c1-17-11(16)7-2-3-10(9(13)4-7)15-6-8(12)5-14-15/h2-6H,13H2,1H3. The molecule has 0 amide bonds. The normalized spacial score (nSPS) is 10.2. The van der Waals surface area contributed by atoms with E-state index < -0.39 is 5.97 Å². The summed E-state index contributed by atoms with van der Waals surface area (Å²) in [5.41, 5.74) is 7.32. The number of rotatable bonds is 2. The van der Waals surface area contributed by atoms with Crippen LogP contribution in [0, 0.1) is 0 Å². The molecule has 1 heterocycles. The van der Waals surface area contributed by atoms with Gasteiger partial charge in [-0.3, -0.25) is 0 Å². The average Bonchev–Trinajstić information content (AvgIpc) is 2.74. The van der Waals surface area contributed by atoms with Crippen LogP contribution < -0.4 is 5.73 Å². The summed E-state index contributed by atoms with van der Waals surface area (Å²) in [4.78, 5) is 11.3. The number of benzene rings is 1. The number of halogens is 1. The first-order valence-electron chi connectivity index (χ1n) is 4.80. The molecule has 2 N–H and O–H groups in total. The Morgan fingerprint density at radius 1 is 1.53 bits per heavy atom. The summed E-state index contributed by atoms with van der Waals surface area (Å²) >= 11 is 5.77. The highest BCUT2D eigenvalue weighted by Gasteiger charge is 2.09.